The molecule has 2 amide bonds. The number of carbonyl (C=O) groups excluding carboxylic acids is 2. The number of rotatable bonds is 11. The van der Waals surface area contributed by atoms with Gasteiger partial charge in [-0.3, -0.25) is 4.79 Å². The number of nitrogens with one attached hydrogen (secondary N) is 2. The molecule has 0 saturated heterocycles. The van der Waals surface area contributed by atoms with Crippen molar-refractivity contribution in [2.24, 2.45) is 0 Å². The van der Waals surface area contributed by atoms with E-state index >= 15 is 0 Å². The molecule has 3 rings (SSSR count). The van der Waals surface area contributed by atoms with Crippen LogP contribution in [0, 0.1) is 0 Å². The van der Waals surface area contributed by atoms with Gasteiger partial charge in [-0.2, -0.15) is 0 Å². The highest BCUT2D eigenvalue weighted by Crippen LogP contribution is 2.44. The molecule has 8 nitrogen and oxygen atoms in total. The Labute approximate surface area is 199 Å². The molecule has 1 aliphatic rings. The number of carbonyl (C=O) groups is 3. The van der Waals surface area contributed by atoms with Gasteiger partial charge in [-0.15, -0.1) is 6.58 Å². The second kappa shape index (κ2) is 11.5. The summed E-state index contributed by atoms with van der Waals surface area (Å²) in [6, 6.07) is 14.0. The Morgan fingerprint density at radius 2 is 1.62 bits per heavy atom. The van der Waals surface area contributed by atoms with E-state index in [-0.39, 0.29) is 25.5 Å². The quantitative estimate of drug-likeness (QED) is 0.441. The highest BCUT2D eigenvalue weighted by atomic mass is 16.5. The lowest BCUT2D eigenvalue weighted by Gasteiger charge is -2.24. The summed E-state index contributed by atoms with van der Waals surface area (Å²) in [6.07, 6.45) is 1.51. The van der Waals surface area contributed by atoms with Crippen molar-refractivity contribution in [3.8, 4) is 11.1 Å². The normalized spacial score (nSPS) is 14.0. The number of alkyl carbamates (subject to hydrolysis) is 1. The number of carboxylic acids is 1. The summed E-state index contributed by atoms with van der Waals surface area (Å²) in [7, 11) is 3.51. The van der Waals surface area contributed by atoms with Gasteiger partial charge in [-0.05, 0) is 49.2 Å². The lowest BCUT2D eigenvalue weighted by atomic mass is 9.98. The number of ether oxygens (including phenoxy) is 1. The Morgan fingerprint density at radius 1 is 1.03 bits per heavy atom. The van der Waals surface area contributed by atoms with Crippen molar-refractivity contribution in [1.29, 1.82) is 0 Å². The van der Waals surface area contributed by atoms with E-state index in [0.717, 1.165) is 22.3 Å². The smallest absolute Gasteiger partial charge is 0.407 e. The molecule has 0 heterocycles. The maximum absolute atomic E-state index is 12.8. The Morgan fingerprint density at radius 3 is 2.15 bits per heavy atom. The molecule has 34 heavy (non-hydrogen) atoms. The summed E-state index contributed by atoms with van der Waals surface area (Å²) < 4.78 is 5.54. The lowest BCUT2D eigenvalue weighted by Crippen LogP contribution is -2.55. The topological polar surface area (TPSA) is 108 Å². The highest BCUT2D eigenvalue weighted by molar-refractivity contribution is 5.89. The number of allylic oxidation sites excluding steroid dienone is 1. The van der Waals surface area contributed by atoms with E-state index in [2.05, 4.69) is 29.3 Å². The molecule has 0 saturated carbocycles. The summed E-state index contributed by atoms with van der Waals surface area (Å²) in [5.74, 6) is -1.83. The fraction of sp³-hybridized carbons (Fsp3) is 0.346. The molecule has 2 aromatic rings. The molecule has 0 aromatic heterocycles. The fourth-order valence-electron chi connectivity index (χ4n) is 4.16. The monoisotopic (exact) mass is 465 g/mol. The van der Waals surface area contributed by atoms with Gasteiger partial charge >= 0.3 is 12.1 Å². The van der Waals surface area contributed by atoms with E-state index < -0.39 is 30.1 Å². The van der Waals surface area contributed by atoms with Crippen molar-refractivity contribution in [2.75, 3.05) is 27.2 Å². The van der Waals surface area contributed by atoms with Gasteiger partial charge < -0.3 is 25.4 Å². The Balaban J connectivity index is 1.66. The number of aliphatic carboxylic acids is 1. The van der Waals surface area contributed by atoms with Crippen LogP contribution in [0.5, 0.6) is 0 Å². The van der Waals surface area contributed by atoms with Gasteiger partial charge in [0.25, 0.3) is 0 Å². The number of benzene rings is 2. The van der Waals surface area contributed by atoms with Crippen LogP contribution in [0.15, 0.2) is 61.2 Å². The van der Waals surface area contributed by atoms with E-state index in [1.165, 1.54) is 0 Å². The van der Waals surface area contributed by atoms with E-state index in [4.69, 9.17) is 4.74 Å². The van der Waals surface area contributed by atoms with Crippen LogP contribution >= 0.6 is 0 Å². The van der Waals surface area contributed by atoms with Crippen LogP contribution in [0.4, 0.5) is 4.79 Å². The molecule has 1 aliphatic carbocycles. The molecule has 8 heteroatoms. The van der Waals surface area contributed by atoms with Crippen LogP contribution in [0.2, 0.25) is 0 Å². The molecular formula is C26H31N3O5. The second-order valence-corrected chi connectivity index (χ2v) is 8.55. The molecule has 0 aliphatic heterocycles. The van der Waals surface area contributed by atoms with Gasteiger partial charge in [0, 0.05) is 12.5 Å². The molecule has 2 atom stereocenters. The van der Waals surface area contributed by atoms with Crippen molar-refractivity contribution in [2.45, 2.75) is 30.8 Å². The van der Waals surface area contributed by atoms with Crippen LogP contribution in [-0.2, 0) is 14.3 Å². The van der Waals surface area contributed by atoms with Crippen LogP contribution in [0.3, 0.4) is 0 Å². The van der Waals surface area contributed by atoms with Gasteiger partial charge in [0.15, 0.2) is 0 Å². The van der Waals surface area contributed by atoms with Crippen molar-refractivity contribution in [3.05, 3.63) is 72.3 Å². The second-order valence-electron chi connectivity index (χ2n) is 8.55. The van der Waals surface area contributed by atoms with Crippen molar-refractivity contribution in [1.82, 2.24) is 15.5 Å². The molecule has 3 N–H and O–H groups in total. The predicted molar refractivity (Wildman–Crippen MR) is 130 cm³/mol. The van der Waals surface area contributed by atoms with Crippen LogP contribution in [0.25, 0.3) is 11.1 Å². The first kappa shape index (κ1) is 25.0. The molecule has 0 fully saturated rings. The number of hydrogen-bond donors (Lipinski definition) is 3. The van der Waals surface area contributed by atoms with Crippen LogP contribution < -0.4 is 10.6 Å². The Bertz CT molecular complexity index is 1010. The molecule has 2 aromatic carbocycles. The summed E-state index contributed by atoms with van der Waals surface area (Å²) in [5.41, 5.74) is 4.42. The van der Waals surface area contributed by atoms with E-state index in [9.17, 15) is 19.5 Å². The van der Waals surface area contributed by atoms with Crippen molar-refractivity contribution >= 4 is 18.0 Å². The first-order valence-corrected chi connectivity index (χ1v) is 11.2. The number of likely N-dealkylation sites (N-methyl/N-ethyl adjacent to an activating group) is 1. The minimum Gasteiger partial charge on any atom is -0.480 e. The molecule has 0 spiro atoms. The molecule has 0 radical (unpaired) electrons. The van der Waals surface area contributed by atoms with Gasteiger partial charge in [0.2, 0.25) is 5.91 Å². The SMILES string of the molecule is C=CCCC(NC(=O)C(CN(C)C)NC(=O)OCC1c2ccccc2-c2ccccc21)C(=O)O. The highest BCUT2D eigenvalue weighted by Gasteiger charge is 2.30. The summed E-state index contributed by atoms with van der Waals surface area (Å²) >= 11 is 0. The number of amides is 2. The third-order valence-electron chi connectivity index (χ3n) is 5.77. The number of nitrogens with zero attached hydrogens (tertiary/aromatic N) is 1. The number of carboxylic acid groups (broad SMARTS) is 1. The van der Waals surface area contributed by atoms with Gasteiger partial charge in [0.1, 0.15) is 18.7 Å². The van der Waals surface area contributed by atoms with Gasteiger partial charge in [0.05, 0.1) is 0 Å². The van der Waals surface area contributed by atoms with Crippen LogP contribution in [-0.4, -0.2) is 67.3 Å². The fourth-order valence-corrected chi connectivity index (χ4v) is 4.16. The standard InChI is InChI=1S/C26H31N3O5/c1-4-5-14-22(25(31)32)27-24(30)23(15-29(2)3)28-26(33)34-16-21-19-12-8-6-10-17(19)18-11-7-9-13-20(18)21/h4,6-13,21-23H,1,5,14-16H2,2-3H3,(H,27,30)(H,28,33)(H,31,32). The molecule has 2 unspecified atom stereocenters. The zero-order chi connectivity index (χ0) is 24.7. The maximum atomic E-state index is 12.8. The average molecular weight is 466 g/mol. The van der Waals surface area contributed by atoms with Crippen molar-refractivity contribution in [3.63, 3.8) is 0 Å². The van der Waals surface area contributed by atoms with Gasteiger partial charge in [-0.1, -0.05) is 54.6 Å². The predicted octanol–water partition coefficient (Wildman–Crippen LogP) is 2.99. The summed E-state index contributed by atoms with van der Waals surface area (Å²) in [6.45, 7) is 3.88. The first-order chi connectivity index (χ1) is 16.3. The first-order valence-electron chi connectivity index (χ1n) is 11.2. The summed E-state index contributed by atoms with van der Waals surface area (Å²) in [5, 5.41) is 14.5. The van der Waals surface area contributed by atoms with Crippen molar-refractivity contribution < 1.29 is 24.2 Å². The van der Waals surface area contributed by atoms with E-state index in [0.29, 0.717) is 6.42 Å². The Kier molecular flexibility index (Phi) is 8.43. The molecular weight excluding hydrogens is 434 g/mol. The maximum Gasteiger partial charge on any atom is 0.407 e. The number of hydrogen-bond acceptors (Lipinski definition) is 5. The van der Waals surface area contributed by atoms with Crippen LogP contribution in [0.1, 0.15) is 29.9 Å². The zero-order valence-electron chi connectivity index (χ0n) is 19.5. The number of fused-ring (bicyclic) bond motifs is 3. The minimum absolute atomic E-state index is 0.102. The van der Waals surface area contributed by atoms with Gasteiger partial charge in [-0.25, -0.2) is 9.59 Å². The largest absolute Gasteiger partial charge is 0.480 e. The average Bonchev–Trinajstić information content (AvgIpc) is 3.13. The third-order valence-corrected chi connectivity index (χ3v) is 5.77. The summed E-state index contributed by atoms with van der Waals surface area (Å²) in [4.78, 5) is 38.7. The minimum atomic E-state index is -1.14. The molecule has 0 bridgehead atoms. The van der Waals surface area contributed by atoms with E-state index in [1.54, 1.807) is 25.1 Å². The zero-order valence-corrected chi connectivity index (χ0v) is 19.5. The third kappa shape index (κ3) is 6.02. The molecule has 180 valence electrons. The van der Waals surface area contributed by atoms with E-state index in [1.807, 2.05) is 36.4 Å². The Hall–Kier alpha value is -3.65. The lowest BCUT2D eigenvalue weighted by molar-refractivity contribution is -0.142.